The van der Waals surface area contributed by atoms with Gasteiger partial charge < -0.3 is 24.9 Å². The van der Waals surface area contributed by atoms with Crippen molar-refractivity contribution in [1.82, 2.24) is 9.88 Å². The van der Waals surface area contributed by atoms with Crippen molar-refractivity contribution in [2.24, 2.45) is 29.6 Å². The summed E-state index contributed by atoms with van der Waals surface area (Å²) >= 11 is 2.74. The molecule has 2 aliphatic heterocycles. The van der Waals surface area contributed by atoms with Crippen LogP contribution >= 0.6 is 23.1 Å². The van der Waals surface area contributed by atoms with Crippen LogP contribution in [0.3, 0.4) is 0 Å². The van der Waals surface area contributed by atoms with E-state index in [4.69, 9.17) is 9.47 Å². The highest BCUT2D eigenvalue weighted by Crippen LogP contribution is 2.68. The molecular weight excluding hydrogens is 655 g/mol. The van der Waals surface area contributed by atoms with Crippen LogP contribution in [0.4, 0.5) is 5.69 Å². The number of hydrogen-bond donors (Lipinski definition) is 3. The number of carboxylic acid groups (broad SMARTS) is 1. The second kappa shape index (κ2) is 11.8. The number of aromatic amines is 1. The minimum atomic E-state index is -1.06. The number of likely N-dealkylation sites (tertiary alicyclic amines) is 1. The molecule has 2 saturated carbocycles. The van der Waals surface area contributed by atoms with Crippen molar-refractivity contribution in [1.29, 1.82) is 0 Å². The molecule has 2 bridgehead atoms. The quantitative estimate of drug-likeness (QED) is 0.215. The summed E-state index contributed by atoms with van der Waals surface area (Å²) in [7, 11) is 1.53. The van der Waals surface area contributed by atoms with Gasteiger partial charge in [-0.2, -0.15) is 0 Å². The van der Waals surface area contributed by atoms with Gasteiger partial charge >= 0.3 is 10.8 Å². The molecule has 13 heteroatoms. The smallest absolute Gasteiger partial charge is 0.305 e. The second-order valence-corrected chi connectivity index (χ2v) is 14.9. The van der Waals surface area contributed by atoms with Crippen LogP contribution in [0.2, 0.25) is 0 Å². The number of hydrogen-bond acceptors (Lipinski definition) is 9. The van der Waals surface area contributed by atoms with Crippen LogP contribution in [0.1, 0.15) is 29.2 Å². The van der Waals surface area contributed by atoms with Crippen molar-refractivity contribution in [2.75, 3.05) is 25.6 Å². The van der Waals surface area contributed by atoms with E-state index in [9.17, 15) is 29.1 Å². The number of thioether (sulfide) groups is 1. The van der Waals surface area contributed by atoms with Gasteiger partial charge in [0.25, 0.3) is 5.91 Å². The number of anilines is 1. The lowest BCUT2D eigenvalue weighted by molar-refractivity contribution is -0.142. The van der Waals surface area contributed by atoms with Gasteiger partial charge in [0, 0.05) is 33.7 Å². The fraction of sp³-hybridized carbons (Fsp3) is 0.343. The lowest BCUT2D eigenvalue weighted by Crippen LogP contribution is -2.42. The van der Waals surface area contributed by atoms with Crippen LogP contribution in [0.15, 0.2) is 70.5 Å². The summed E-state index contributed by atoms with van der Waals surface area (Å²) < 4.78 is 11.7. The third-order valence-electron chi connectivity index (χ3n) is 10.3. The van der Waals surface area contributed by atoms with Gasteiger partial charge in [-0.05, 0) is 53.3 Å². The van der Waals surface area contributed by atoms with E-state index < -0.39 is 17.8 Å². The predicted octanol–water partition coefficient (Wildman–Crippen LogP) is 4.56. The van der Waals surface area contributed by atoms with Crippen LogP contribution in [0.5, 0.6) is 11.5 Å². The Hall–Kier alpha value is -4.62. The summed E-state index contributed by atoms with van der Waals surface area (Å²) in [5.74, 6) is -2.51. The van der Waals surface area contributed by atoms with E-state index in [0.29, 0.717) is 17.2 Å². The summed E-state index contributed by atoms with van der Waals surface area (Å²) in [5, 5.41) is 14.8. The molecule has 11 nitrogen and oxygen atoms in total. The van der Waals surface area contributed by atoms with E-state index in [1.54, 1.807) is 17.8 Å². The SMILES string of the molecule is COc1cc([C@H]2c3sc(=O)[nH]c3SC3C4CC(C5C(=O)N(CCC(=O)O)C(=O)C45)C32)ccc1OCC(=O)Nc1cccc2ccccc12. The molecule has 1 saturated heterocycles. The summed E-state index contributed by atoms with van der Waals surface area (Å²) in [6.45, 7) is -0.362. The van der Waals surface area contributed by atoms with Crippen LogP contribution < -0.4 is 19.7 Å². The molecule has 3 fully saturated rings. The highest BCUT2D eigenvalue weighted by atomic mass is 32.2. The molecule has 4 aromatic rings. The van der Waals surface area contributed by atoms with Gasteiger partial charge in [0.2, 0.25) is 11.8 Å². The predicted molar refractivity (Wildman–Crippen MR) is 179 cm³/mol. The Kier molecular flexibility index (Phi) is 7.55. The van der Waals surface area contributed by atoms with Crippen LogP contribution in [0, 0.1) is 29.6 Å². The lowest BCUT2D eigenvalue weighted by Gasteiger charge is -2.43. The minimum absolute atomic E-state index is 0.00476. The molecular formula is C35H31N3O8S2. The number of thiazole rings is 1. The first-order chi connectivity index (χ1) is 23.2. The fourth-order valence-electron chi connectivity index (χ4n) is 8.54. The van der Waals surface area contributed by atoms with Crippen molar-refractivity contribution < 1.29 is 33.8 Å². The van der Waals surface area contributed by atoms with Crippen molar-refractivity contribution in [3.63, 3.8) is 0 Å². The van der Waals surface area contributed by atoms with Crippen molar-refractivity contribution in [3.8, 4) is 11.5 Å². The topological polar surface area (TPSA) is 155 Å². The van der Waals surface area contributed by atoms with Gasteiger partial charge in [0.05, 0.1) is 30.4 Å². The first kappa shape index (κ1) is 30.7. The Morgan fingerprint density at radius 2 is 1.77 bits per heavy atom. The molecule has 3 heterocycles. The maximum atomic E-state index is 13.6. The number of aliphatic carboxylic acids is 1. The van der Waals surface area contributed by atoms with Crippen LogP contribution in [-0.2, 0) is 19.2 Å². The number of imide groups is 1. The first-order valence-electron chi connectivity index (χ1n) is 15.8. The number of methoxy groups -OCH3 is 1. The van der Waals surface area contributed by atoms with E-state index >= 15 is 0 Å². The average Bonchev–Trinajstić information content (AvgIpc) is 3.81. The molecule has 2 aliphatic carbocycles. The van der Waals surface area contributed by atoms with Crippen molar-refractivity contribution in [2.45, 2.75) is 29.0 Å². The number of rotatable bonds is 9. The number of nitrogens with one attached hydrogen (secondary N) is 2. The Balaban J connectivity index is 1.06. The van der Waals surface area contributed by atoms with E-state index in [0.717, 1.165) is 48.9 Å². The number of nitrogens with zero attached hydrogens (tertiary/aromatic N) is 1. The molecule has 8 rings (SSSR count). The molecule has 3 N–H and O–H groups in total. The molecule has 1 aromatic heterocycles. The molecule has 48 heavy (non-hydrogen) atoms. The average molecular weight is 686 g/mol. The van der Waals surface area contributed by atoms with Crippen molar-refractivity contribution >= 4 is 63.2 Å². The molecule has 246 valence electrons. The van der Waals surface area contributed by atoms with Gasteiger partial charge in [-0.15, -0.1) is 11.8 Å². The van der Waals surface area contributed by atoms with Crippen LogP contribution in [0.25, 0.3) is 10.8 Å². The maximum absolute atomic E-state index is 13.6. The summed E-state index contributed by atoms with van der Waals surface area (Å²) in [6, 6.07) is 19.0. The van der Waals surface area contributed by atoms with Gasteiger partial charge in [-0.3, -0.25) is 28.9 Å². The number of amides is 3. The maximum Gasteiger partial charge on any atom is 0.305 e. The summed E-state index contributed by atoms with van der Waals surface area (Å²) in [6.07, 6.45) is 0.440. The number of fused-ring (bicyclic) bond motifs is 10. The zero-order chi connectivity index (χ0) is 33.3. The monoisotopic (exact) mass is 685 g/mol. The summed E-state index contributed by atoms with van der Waals surface area (Å²) in [5.41, 5.74) is 1.57. The van der Waals surface area contributed by atoms with E-state index in [-0.39, 0.29) is 71.1 Å². The Morgan fingerprint density at radius 1 is 1.00 bits per heavy atom. The largest absolute Gasteiger partial charge is 0.493 e. The van der Waals surface area contributed by atoms with Gasteiger partial charge in [-0.25, -0.2) is 0 Å². The number of carbonyl (C=O) groups is 4. The second-order valence-electron chi connectivity index (χ2n) is 12.7. The number of carboxylic acids is 1. The van der Waals surface area contributed by atoms with Gasteiger partial charge in [0.15, 0.2) is 18.1 Å². The molecule has 0 spiro atoms. The Morgan fingerprint density at radius 3 is 2.56 bits per heavy atom. The Bertz CT molecular complexity index is 2050. The van der Waals surface area contributed by atoms with E-state index in [1.807, 2.05) is 54.6 Å². The van der Waals surface area contributed by atoms with Crippen molar-refractivity contribution in [3.05, 3.63) is 80.8 Å². The zero-order valence-electron chi connectivity index (χ0n) is 25.7. The van der Waals surface area contributed by atoms with E-state index in [2.05, 4.69) is 10.3 Å². The fourth-order valence-corrected chi connectivity index (χ4v) is 11.4. The van der Waals surface area contributed by atoms with E-state index in [1.165, 1.54) is 7.11 Å². The molecule has 0 radical (unpaired) electrons. The molecule has 6 unspecified atom stereocenters. The molecule has 3 aromatic carbocycles. The lowest BCUT2D eigenvalue weighted by atomic mass is 9.68. The first-order valence-corrected chi connectivity index (χ1v) is 17.5. The number of benzene rings is 3. The third-order valence-corrected chi connectivity index (χ3v) is 12.9. The Labute approximate surface area is 282 Å². The normalized spacial score (nSPS) is 26.7. The third kappa shape index (κ3) is 4.90. The summed E-state index contributed by atoms with van der Waals surface area (Å²) in [4.78, 5) is 68.7. The minimum Gasteiger partial charge on any atom is -0.493 e. The molecule has 4 aliphatic rings. The zero-order valence-corrected chi connectivity index (χ0v) is 27.3. The number of H-pyrrole nitrogens is 1. The molecule has 7 atom stereocenters. The highest BCUT2D eigenvalue weighted by molar-refractivity contribution is 8.00. The number of ether oxygens (including phenoxy) is 2. The standard InChI is InChI=1S/C35H31N3O8S2/c1-45-23-13-17(9-10-22(23)46-15-24(39)36-21-8-4-6-16-5-2-3-7-18(16)21)26-27-19-14-20(30(27)47-32-31(26)48-35(44)37-32)29-28(19)33(42)38(34(29)43)12-11-25(40)41/h2-10,13,19-20,26-30H,11-12,14-15H2,1H3,(H,36,39)(H,37,44)(H,40,41)/t19?,20?,26-,27?,28?,29?,30?/m1/s1. The van der Waals surface area contributed by atoms with Gasteiger partial charge in [0.1, 0.15) is 0 Å². The van der Waals surface area contributed by atoms with Gasteiger partial charge in [-0.1, -0.05) is 53.8 Å². The highest BCUT2D eigenvalue weighted by Gasteiger charge is 2.69. The molecule has 3 amide bonds. The van der Waals surface area contributed by atoms with Crippen LogP contribution in [-0.4, -0.2) is 64.2 Å². The number of carbonyl (C=O) groups excluding carboxylic acids is 3. The number of aromatic nitrogens is 1.